The van der Waals surface area contributed by atoms with Gasteiger partial charge in [-0.3, -0.25) is 0 Å². The molecule has 0 saturated heterocycles. The van der Waals surface area contributed by atoms with Crippen molar-refractivity contribution in [1.82, 2.24) is 6.15 Å². The second kappa shape index (κ2) is 17.0. The smallest absolute Gasteiger partial charge is 1.00 e. The van der Waals surface area contributed by atoms with Crippen LogP contribution in [0.25, 0.3) is 0 Å². The third-order valence-electron chi connectivity index (χ3n) is 0.0913. The molecule has 2 nitrogen and oxygen atoms in total. The summed E-state index contributed by atoms with van der Waals surface area (Å²) in [5.74, 6) is 0. The van der Waals surface area contributed by atoms with E-state index in [0.717, 1.165) is 0 Å². The summed E-state index contributed by atoms with van der Waals surface area (Å²) in [7, 11) is 0. The molecule has 0 heterocycles. The quantitative estimate of drug-likeness (QED) is 0.289. The Labute approximate surface area is 81.7 Å². The molecule has 0 aromatic heterocycles. The number of rotatable bonds is 0. The molecule has 0 radical (unpaired) electrons. The van der Waals surface area contributed by atoms with Crippen LogP contribution in [0.2, 0.25) is 0 Å². The Hall–Kier alpha value is 0.826. The first-order valence-corrected chi connectivity index (χ1v) is 0.921. The van der Waals surface area contributed by atoms with Crippen LogP contribution in [-0.2, 0) is 0 Å². The summed E-state index contributed by atoms with van der Waals surface area (Å²) in [6.07, 6.45) is 1.18. The van der Waals surface area contributed by atoms with E-state index in [-0.39, 0.29) is 59.0 Å². The fraction of sp³-hybridized carbons (Fsp3) is 0. The summed E-state index contributed by atoms with van der Waals surface area (Å²) >= 11 is 0. The topological polar surface area (TPSA) is 58.8 Å². The van der Waals surface area contributed by atoms with E-state index in [4.69, 9.17) is 5.26 Å². The summed E-state index contributed by atoms with van der Waals surface area (Å²) in [4.78, 5) is 0. The van der Waals surface area contributed by atoms with Gasteiger partial charge < -0.3 is 7.58 Å². The number of nitriles is 1. The normalized spacial score (nSPS) is 2.50. The summed E-state index contributed by atoms with van der Waals surface area (Å²) < 4.78 is 0. The maximum atomic E-state index is 7.51. The standard InChI is InChI=1S/C3H3N.K.H3N.H/c1-2-3-4;;;/h2H,1H2;;1H3;/q;+1;;-1. The molecule has 0 aliphatic rings. The average Bonchev–Trinajstić information content (AvgIpc) is 1.37. The fourth-order valence-corrected chi connectivity index (χ4v) is 0. The minimum Gasteiger partial charge on any atom is -1.00 e. The van der Waals surface area contributed by atoms with E-state index in [1.165, 1.54) is 6.08 Å². The molecule has 0 unspecified atom stereocenters. The van der Waals surface area contributed by atoms with Crippen LogP contribution < -0.4 is 57.5 Å². The fourth-order valence-electron chi connectivity index (χ4n) is 0. The van der Waals surface area contributed by atoms with Gasteiger partial charge in [0, 0.05) is 6.08 Å². The molecule has 3 N–H and O–H groups in total. The Bertz CT molecular complexity index is 58.4. The Balaban J connectivity index is -0.0000000150. The van der Waals surface area contributed by atoms with E-state index in [1.54, 1.807) is 6.07 Å². The molecular weight excluding hydrogens is 103 g/mol. The molecule has 0 atom stereocenters. The predicted octanol–water partition coefficient (Wildman–Crippen LogP) is -2.03. The SMILES string of the molecule is C=CC#N.N.[H-].[K+]. The molecule has 0 fully saturated rings. The van der Waals surface area contributed by atoms with E-state index < -0.39 is 0 Å². The maximum absolute atomic E-state index is 7.51. The molecule has 0 aromatic rings. The van der Waals surface area contributed by atoms with Gasteiger partial charge in [-0.25, -0.2) is 0 Å². The first-order valence-electron chi connectivity index (χ1n) is 0.921. The minimum absolute atomic E-state index is 0. The third kappa shape index (κ3) is 21.2. The van der Waals surface area contributed by atoms with Gasteiger partial charge in [0.2, 0.25) is 0 Å². The van der Waals surface area contributed by atoms with Gasteiger partial charge in [-0.2, -0.15) is 5.26 Å². The van der Waals surface area contributed by atoms with E-state index in [9.17, 15) is 0 Å². The second-order valence-corrected chi connectivity index (χ2v) is 0.333. The van der Waals surface area contributed by atoms with Gasteiger partial charge in [-0.05, 0) is 0 Å². The minimum atomic E-state index is 0. The first-order chi connectivity index (χ1) is 1.91. The van der Waals surface area contributed by atoms with Crippen molar-refractivity contribution in [3.8, 4) is 6.07 Å². The monoisotopic (exact) mass is 110 g/mol. The van der Waals surface area contributed by atoms with E-state index in [0.29, 0.717) is 0 Å². The van der Waals surface area contributed by atoms with Gasteiger partial charge in [0.05, 0.1) is 6.07 Å². The molecule has 0 amide bonds. The zero-order valence-electron chi connectivity index (χ0n) is 4.94. The number of nitrogens with zero attached hydrogens (tertiary/aromatic N) is 1. The molecule has 0 saturated carbocycles. The van der Waals surface area contributed by atoms with Crippen molar-refractivity contribution in [3.63, 3.8) is 0 Å². The molecule has 6 heavy (non-hydrogen) atoms. The van der Waals surface area contributed by atoms with Crippen molar-refractivity contribution in [2.75, 3.05) is 0 Å². The first kappa shape index (κ1) is 15.8. The van der Waals surface area contributed by atoms with Gasteiger partial charge >= 0.3 is 51.4 Å². The van der Waals surface area contributed by atoms with E-state index in [1.807, 2.05) is 0 Å². The largest absolute Gasteiger partial charge is 1.00 e. The van der Waals surface area contributed by atoms with Crippen LogP contribution in [0, 0.1) is 11.3 Å². The van der Waals surface area contributed by atoms with Crippen molar-refractivity contribution in [1.29, 1.82) is 5.26 Å². The number of allylic oxidation sites excluding steroid dienone is 1. The van der Waals surface area contributed by atoms with Crippen LogP contribution >= 0.6 is 0 Å². The summed E-state index contributed by atoms with van der Waals surface area (Å²) in [5, 5.41) is 7.51. The summed E-state index contributed by atoms with van der Waals surface area (Å²) in [6, 6.07) is 1.69. The van der Waals surface area contributed by atoms with Crippen LogP contribution in [0.1, 0.15) is 1.43 Å². The zero-order chi connectivity index (χ0) is 3.41. The van der Waals surface area contributed by atoms with E-state index in [2.05, 4.69) is 6.58 Å². The van der Waals surface area contributed by atoms with Crippen molar-refractivity contribution in [2.45, 2.75) is 0 Å². The molecule has 0 aromatic carbocycles. The Morgan fingerprint density at radius 2 is 2.00 bits per heavy atom. The summed E-state index contributed by atoms with van der Waals surface area (Å²) in [6.45, 7) is 3.12. The number of hydrogen-bond donors (Lipinski definition) is 1. The zero-order valence-corrected chi connectivity index (χ0v) is 7.06. The number of hydrogen-bond acceptors (Lipinski definition) is 2. The Kier molecular flexibility index (Phi) is 44.8. The predicted molar refractivity (Wildman–Crippen MR) is 21.9 cm³/mol. The Morgan fingerprint density at radius 3 is 2.00 bits per heavy atom. The van der Waals surface area contributed by atoms with Crippen LogP contribution in [0.4, 0.5) is 0 Å². The molecule has 0 spiro atoms. The van der Waals surface area contributed by atoms with Gasteiger partial charge in [0.1, 0.15) is 0 Å². The van der Waals surface area contributed by atoms with Gasteiger partial charge in [-0.15, -0.1) is 0 Å². The molecule has 0 rings (SSSR count). The molecule has 0 aliphatic carbocycles. The maximum Gasteiger partial charge on any atom is 1.00 e. The third-order valence-corrected chi connectivity index (χ3v) is 0.0913. The van der Waals surface area contributed by atoms with Crippen LogP contribution in [0.3, 0.4) is 0 Å². The van der Waals surface area contributed by atoms with Crippen molar-refractivity contribution in [3.05, 3.63) is 12.7 Å². The molecule has 30 valence electrons. The average molecular weight is 110 g/mol. The van der Waals surface area contributed by atoms with Crippen molar-refractivity contribution in [2.24, 2.45) is 0 Å². The van der Waals surface area contributed by atoms with Crippen molar-refractivity contribution >= 4 is 0 Å². The molecule has 0 bridgehead atoms. The van der Waals surface area contributed by atoms with Gasteiger partial charge in [0.15, 0.2) is 0 Å². The van der Waals surface area contributed by atoms with Gasteiger partial charge in [-0.1, -0.05) is 6.58 Å². The molecule has 3 heteroatoms. The van der Waals surface area contributed by atoms with Crippen LogP contribution in [0.15, 0.2) is 12.7 Å². The molecular formula is C3H7KN2. The van der Waals surface area contributed by atoms with Gasteiger partial charge in [0.25, 0.3) is 0 Å². The second-order valence-electron chi connectivity index (χ2n) is 0.333. The Morgan fingerprint density at radius 1 is 1.83 bits per heavy atom. The van der Waals surface area contributed by atoms with Crippen LogP contribution in [0.5, 0.6) is 0 Å². The van der Waals surface area contributed by atoms with E-state index >= 15 is 0 Å². The molecule has 0 aliphatic heterocycles. The van der Waals surface area contributed by atoms with Crippen molar-refractivity contribution < 1.29 is 52.8 Å². The summed E-state index contributed by atoms with van der Waals surface area (Å²) in [5.41, 5.74) is 0. The van der Waals surface area contributed by atoms with Crippen LogP contribution in [-0.4, -0.2) is 0 Å².